The molecule has 1 aromatic rings. The molecule has 0 aliphatic rings. The number of nitrogens with one attached hydrogen (secondary N) is 1. The van der Waals surface area contributed by atoms with Gasteiger partial charge in [0.2, 0.25) is 0 Å². The average molecular weight is 263 g/mol. The monoisotopic (exact) mass is 263 g/mol. The lowest BCUT2D eigenvalue weighted by molar-refractivity contribution is 0.248. The maximum Gasteiger partial charge on any atom is 0.344 e. The summed E-state index contributed by atoms with van der Waals surface area (Å²) in [5, 5.41) is 2.66. The molecule has 0 aromatic carbocycles. The standard InChI is InChI=1S/C13H21N5O/c1-2-10(9-11-5-3-4-7-16-11)6-8-17-13(19)18-12(14)15/h3-5,7,10H,2,6,8-9H2,1H3,(H5,14,15,17,18,19). The van der Waals surface area contributed by atoms with E-state index in [2.05, 4.69) is 22.2 Å². The van der Waals surface area contributed by atoms with Crippen molar-refractivity contribution in [2.75, 3.05) is 6.54 Å². The van der Waals surface area contributed by atoms with Gasteiger partial charge >= 0.3 is 6.03 Å². The predicted molar refractivity (Wildman–Crippen MR) is 75.5 cm³/mol. The van der Waals surface area contributed by atoms with Crippen molar-refractivity contribution in [3.63, 3.8) is 0 Å². The molecular weight excluding hydrogens is 242 g/mol. The first-order valence-electron chi connectivity index (χ1n) is 6.39. The van der Waals surface area contributed by atoms with Crippen LogP contribution in [0.25, 0.3) is 0 Å². The Kier molecular flexibility index (Phi) is 6.35. The third kappa shape index (κ3) is 6.40. The molecule has 0 saturated heterocycles. The number of hydrogen-bond acceptors (Lipinski definition) is 2. The third-order valence-electron chi connectivity index (χ3n) is 2.86. The first-order chi connectivity index (χ1) is 9.11. The van der Waals surface area contributed by atoms with Gasteiger partial charge in [-0.1, -0.05) is 19.4 Å². The number of carbonyl (C=O) groups is 1. The molecule has 0 aliphatic heterocycles. The Labute approximate surface area is 113 Å². The smallest absolute Gasteiger partial charge is 0.344 e. The summed E-state index contributed by atoms with van der Waals surface area (Å²) in [6.07, 6.45) is 4.62. The van der Waals surface area contributed by atoms with Crippen LogP contribution >= 0.6 is 0 Å². The van der Waals surface area contributed by atoms with Crippen LogP contribution < -0.4 is 16.8 Å². The van der Waals surface area contributed by atoms with E-state index in [1.807, 2.05) is 18.2 Å². The van der Waals surface area contributed by atoms with E-state index >= 15 is 0 Å². The molecule has 6 nitrogen and oxygen atoms in total. The molecule has 5 N–H and O–H groups in total. The van der Waals surface area contributed by atoms with Crippen LogP contribution in [0.5, 0.6) is 0 Å². The minimum absolute atomic E-state index is 0.224. The van der Waals surface area contributed by atoms with Crippen LogP contribution in [0.1, 0.15) is 25.5 Å². The molecule has 104 valence electrons. The minimum Gasteiger partial charge on any atom is -0.370 e. The fourth-order valence-corrected chi connectivity index (χ4v) is 1.81. The van der Waals surface area contributed by atoms with Gasteiger partial charge in [0.05, 0.1) is 0 Å². The summed E-state index contributed by atoms with van der Waals surface area (Å²) in [4.78, 5) is 18.9. The maximum absolute atomic E-state index is 11.2. The predicted octanol–water partition coefficient (Wildman–Crippen LogP) is 1.02. The molecule has 0 aliphatic carbocycles. The van der Waals surface area contributed by atoms with Gasteiger partial charge in [-0.3, -0.25) is 4.98 Å². The van der Waals surface area contributed by atoms with Gasteiger partial charge in [-0.15, -0.1) is 0 Å². The van der Waals surface area contributed by atoms with E-state index in [9.17, 15) is 4.79 Å². The summed E-state index contributed by atoms with van der Waals surface area (Å²) in [6, 6.07) is 5.41. The molecule has 6 heteroatoms. The number of rotatable bonds is 6. The van der Waals surface area contributed by atoms with Crippen LogP contribution in [-0.2, 0) is 6.42 Å². The quantitative estimate of drug-likeness (QED) is 0.526. The summed E-state index contributed by atoms with van der Waals surface area (Å²) in [6.45, 7) is 2.69. The maximum atomic E-state index is 11.2. The second kappa shape index (κ2) is 8.07. The molecule has 19 heavy (non-hydrogen) atoms. The van der Waals surface area contributed by atoms with E-state index in [1.165, 1.54) is 0 Å². The number of urea groups is 1. The lowest BCUT2D eigenvalue weighted by atomic mass is 9.96. The molecule has 1 atom stereocenters. The summed E-state index contributed by atoms with van der Waals surface area (Å²) < 4.78 is 0. The van der Waals surface area contributed by atoms with E-state index < -0.39 is 6.03 Å². The highest BCUT2D eigenvalue weighted by atomic mass is 16.2. The Morgan fingerprint density at radius 1 is 1.47 bits per heavy atom. The first-order valence-corrected chi connectivity index (χ1v) is 6.39. The Balaban J connectivity index is 2.33. The van der Waals surface area contributed by atoms with Crippen LogP contribution in [0.2, 0.25) is 0 Å². The van der Waals surface area contributed by atoms with E-state index in [0.29, 0.717) is 12.5 Å². The van der Waals surface area contributed by atoms with Crippen molar-refractivity contribution >= 4 is 12.0 Å². The Hall–Kier alpha value is -2.11. The van der Waals surface area contributed by atoms with Crippen LogP contribution in [0, 0.1) is 5.92 Å². The number of carbonyl (C=O) groups excluding carboxylic acids is 1. The van der Waals surface area contributed by atoms with E-state index in [-0.39, 0.29) is 5.96 Å². The molecule has 0 radical (unpaired) electrons. The van der Waals surface area contributed by atoms with Crippen molar-refractivity contribution < 1.29 is 4.79 Å². The van der Waals surface area contributed by atoms with Crippen LogP contribution in [-0.4, -0.2) is 23.5 Å². The van der Waals surface area contributed by atoms with Gasteiger partial charge in [0.1, 0.15) is 0 Å². The van der Waals surface area contributed by atoms with E-state index in [4.69, 9.17) is 11.5 Å². The van der Waals surface area contributed by atoms with Crippen molar-refractivity contribution in [3.05, 3.63) is 30.1 Å². The van der Waals surface area contributed by atoms with Crippen molar-refractivity contribution in [2.24, 2.45) is 22.4 Å². The number of aliphatic imine (C=N–C) groups is 1. The molecule has 1 rings (SSSR count). The average Bonchev–Trinajstić information content (AvgIpc) is 2.38. The van der Waals surface area contributed by atoms with Gasteiger partial charge in [0.15, 0.2) is 5.96 Å². The van der Waals surface area contributed by atoms with Gasteiger partial charge in [-0.25, -0.2) is 4.79 Å². The number of hydrogen-bond donors (Lipinski definition) is 3. The highest BCUT2D eigenvalue weighted by Gasteiger charge is 2.09. The first kappa shape index (κ1) is 14.9. The summed E-state index contributed by atoms with van der Waals surface area (Å²) in [5.41, 5.74) is 11.3. The molecule has 2 amide bonds. The second-order valence-corrected chi connectivity index (χ2v) is 4.36. The molecule has 1 unspecified atom stereocenters. The fraction of sp³-hybridized carbons (Fsp3) is 0.462. The van der Waals surface area contributed by atoms with Gasteiger partial charge in [-0.05, 0) is 30.9 Å². The SMILES string of the molecule is CCC(CCNC(=O)N=C(N)N)Cc1ccccn1. The largest absolute Gasteiger partial charge is 0.370 e. The molecular formula is C13H21N5O. The zero-order valence-electron chi connectivity index (χ0n) is 11.2. The number of pyridine rings is 1. The summed E-state index contributed by atoms with van der Waals surface area (Å²) in [5.74, 6) is 0.257. The molecule has 0 saturated carbocycles. The summed E-state index contributed by atoms with van der Waals surface area (Å²) >= 11 is 0. The van der Waals surface area contributed by atoms with Gasteiger partial charge < -0.3 is 16.8 Å². The number of amides is 2. The zero-order valence-corrected chi connectivity index (χ0v) is 11.2. The third-order valence-corrected chi connectivity index (χ3v) is 2.86. The molecule has 0 spiro atoms. The number of guanidine groups is 1. The van der Waals surface area contributed by atoms with Crippen molar-refractivity contribution in [1.82, 2.24) is 10.3 Å². The van der Waals surface area contributed by atoms with Crippen molar-refractivity contribution in [3.8, 4) is 0 Å². The highest BCUT2D eigenvalue weighted by Crippen LogP contribution is 2.13. The summed E-state index contributed by atoms with van der Waals surface area (Å²) in [7, 11) is 0. The number of nitrogens with two attached hydrogens (primary N) is 2. The molecule has 0 bridgehead atoms. The lowest BCUT2D eigenvalue weighted by Gasteiger charge is -2.14. The van der Waals surface area contributed by atoms with Crippen LogP contribution in [0.3, 0.4) is 0 Å². The van der Waals surface area contributed by atoms with Crippen molar-refractivity contribution in [2.45, 2.75) is 26.2 Å². The topological polar surface area (TPSA) is 106 Å². The van der Waals surface area contributed by atoms with Crippen molar-refractivity contribution in [1.29, 1.82) is 0 Å². The van der Waals surface area contributed by atoms with Gasteiger partial charge in [0, 0.05) is 18.4 Å². The van der Waals surface area contributed by atoms with E-state index in [0.717, 1.165) is 25.0 Å². The molecule has 1 heterocycles. The Bertz CT molecular complexity index is 414. The Morgan fingerprint density at radius 2 is 2.26 bits per heavy atom. The van der Waals surface area contributed by atoms with Gasteiger partial charge in [0.25, 0.3) is 0 Å². The Morgan fingerprint density at radius 3 is 2.84 bits per heavy atom. The molecule has 0 fully saturated rings. The fourth-order valence-electron chi connectivity index (χ4n) is 1.81. The lowest BCUT2D eigenvalue weighted by Crippen LogP contribution is -2.29. The van der Waals surface area contributed by atoms with Crippen LogP contribution in [0.15, 0.2) is 29.4 Å². The van der Waals surface area contributed by atoms with Gasteiger partial charge in [-0.2, -0.15) is 4.99 Å². The van der Waals surface area contributed by atoms with E-state index in [1.54, 1.807) is 6.20 Å². The minimum atomic E-state index is -0.493. The number of aromatic nitrogens is 1. The molecule has 1 aromatic heterocycles. The highest BCUT2D eigenvalue weighted by molar-refractivity contribution is 5.90. The number of nitrogens with zero attached hydrogens (tertiary/aromatic N) is 2. The second-order valence-electron chi connectivity index (χ2n) is 4.36. The van der Waals surface area contributed by atoms with Crippen LogP contribution in [0.4, 0.5) is 4.79 Å². The normalized spacial score (nSPS) is 11.6. The zero-order chi connectivity index (χ0) is 14.1.